The molecule has 2 N–H and O–H groups in total. The van der Waals surface area contributed by atoms with Crippen LogP contribution >= 0.6 is 0 Å². The Morgan fingerprint density at radius 2 is 1.68 bits per heavy atom. The van der Waals surface area contributed by atoms with Crippen LogP contribution in [0.2, 0.25) is 0 Å². The minimum atomic E-state index is -0.0612. The molecule has 0 spiro atoms. The molecule has 0 fully saturated rings. The highest BCUT2D eigenvalue weighted by molar-refractivity contribution is 5.93. The maximum absolute atomic E-state index is 8.96. The van der Waals surface area contributed by atoms with E-state index in [0.29, 0.717) is 12.3 Å². The molecule has 3 nitrogen and oxygen atoms in total. The molecule has 0 atom stereocenters. The molecule has 2 aromatic carbocycles. The summed E-state index contributed by atoms with van der Waals surface area (Å²) < 4.78 is 5.45. The van der Waals surface area contributed by atoms with Gasteiger partial charge in [-0.15, -0.1) is 0 Å². The second-order valence-corrected chi connectivity index (χ2v) is 4.41. The van der Waals surface area contributed by atoms with Crippen molar-refractivity contribution in [3.05, 3.63) is 66.1 Å². The molecule has 1 aromatic heterocycles. The highest BCUT2D eigenvalue weighted by Gasteiger charge is 2.03. The van der Waals surface area contributed by atoms with Crippen LogP contribution in [-0.2, 0) is 13.2 Å². The topological polar surface area (TPSA) is 45.4 Å². The lowest BCUT2D eigenvalue weighted by Crippen LogP contribution is -1.98. The van der Waals surface area contributed by atoms with Gasteiger partial charge in [-0.05, 0) is 23.6 Å². The first-order chi connectivity index (χ1) is 9.36. The van der Waals surface area contributed by atoms with Crippen LogP contribution in [0.25, 0.3) is 10.8 Å². The lowest BCUT2D eigenvalue weighted by Gasteiger charge is -2.08. The molecule has 19 heavy (non-hydrogen) atoms. The van der Waals surface area contributed by atoms with E-state index in [1.807, 2.05) is 24.3 Å². The molecule has 0 radical (unpaired) electrons. The number of hydrogen-bond donors (Lipinski definition) is 2. The molecule has 0 aliphatic rings. The lowest BCUT2D eigenvalue weighted by molar-refractivity contribution is 0.244. The van der Waals surface area contributed by atoms with E-state index in [1.165, 1.54) is 10.8 Å². The zero-order valence-electron chi connectivity index (χ0n) is 10.5. The molecule has 3 heteroatoms. The van der Waals surface area contributed by atoms with Crippen LogP contribution < -0.4 is 5.32 Å². The average molecular weight is 253 g/mol. The highest BCUT2D eigenvalue weighted by atomic mass is 16.4. The first kappa shape index (κ1) is 11.8. The Balaban J connectivity index is 1.81. The second-order valence-electron chi connectivity index (χ2n) is 4.41. The van der Waals surface area contributed by atoms with E-state index in [1.54, 1.807) is 6.07 Å². The van der Waals surface area contributed by atoms with Gasteiger partial charge in [0.2, 0.25) is 0 Å². The molecule has 96 valence electrons. The quantitative estimate of drug-likeness (QED) is 0.747. The minimum absolute atomic E-state index is 0.0612. The number of rotatable bonds is 4. The van der Waals surface area contributed by atoms with E-state index in [9.17, 15) is 0 Å². The van der Waals surface area contributed by atoms with Gasteiger partial charge in [0.05, 0.1) is 6.54 Å². The number of furan rings is 1. The smallest absolute Gasteiger partial charge is 0.129 e. The Bertz CT molecular complexity index is 683. The summed E-state index contributed by atoms with van der Waals surface area (Å²) in [6.07, 6.45) is 0. The summed E-state index contributed by atoms with van der Waals surface area (Å²) in [6, 6.07) is 18.1. The fourth-order valence-electron chi connectivity index (χ4n) is 2.16. The molecule has 0 amide bonds. The fraction of sp³-hybridized carbons (Fsp3) is 0.125. The lowest BCUT2D eigenvalue weighted by atomic mass is 10.1. The molecule has 0 unspecified atom stereocenters. The summed E-state index contributed by atoms with van der Waals surface area (Å²) in [5.41, 5.74) is 1.08. The zero-order chi connectivity index (χ0) is 13.1. The SMILES string of the molecule is OCc1ccc(CNc2cccc3ccccc23)o1. The van der Waals surface area contributed by atoms with Crippen molar-refractivity contribution >= 4 is 16.5 Å². The third kappa shape index (κ3) is 2.46. The van der Waals surface area contributed by atoms with Gasteiger partial charge >= 0.3 is 0 Å². The van der Waals surface area contributed by atoms with Crippen molar-refractivity contribution < 1.29 is 9.52 Å². The molecular weight excluding hydrogens is 238 g/mol. The maximum atomic E-state index is 8.96. The number of aliphatic hydroxyl groups is 1. The van der Waals surface area contributed by atoms with Gasteiger partial charge in [-0.25, -0.2) is 0 Å². The summed E-state index contributed by atoms with van der Waals surface area (Å²) in [5, 5.41) is 14.7. The zero-order valence-corrected chi connectivity index (χ0v) is 10.5. The largest absolute Gasteiger partial charge is 0.462 e. The molecule has 3 aromatic rings. The Kier molecular flexibility index (Phi) is 3.21. The van der Waals surface area contributed by atoms with Crippen LogP contribution in [0, 0.1) is 0 Å². The van der Waals surface area contributed by atoms with Crippen LogP contribution in [0.3, 0.4) is 0 Å². The molecule has 0 saturated heterocycles. The number of nitrogens with one attached hydrogen (secondary N) is 1. The number of aliphatic hydroxyl groups excluding tert-OH is 1. The van der Waals surface area contributed by atoms with Crippen molar-refractivity contribution in [3.63, 3.8) is 0 Å². The number of fused-ring (bicyclic) bond motifs is 1. The minimum Gasteiger partial charge on any atom is -0.462 e. The summed E-state index contributed by atoms with van der Waals surface area (Å²) in [6.45, 7) is 0.544. The van der Waals surface area contributed by atoms with Crippen molar-refractivity contribution in [1.29, 1.82) is 0 Å². The van der Waals surface area contributed by atoms with Crippen molar-refractivity contribution in [2.24, 2.45) is 0 Å². The van der Waals surface area contributed by atoms with Crippen LogP contribution in [0.4, 0.5) is 5.69 Å². The van der Waals surface area contributed by atoms with E-state index in [0.717, 1.165) is 11.4 Å². The standard InChI is InChI=1S/C16H15NO2/c18-11-14-9-8-13(19-14)10-17-16-7-3-5-12-4-1-2-6-15(12)16/h1-9,17-18H,10-11H2. The first-order valence-corrected chi connectivity index (χ1v) is 6.27. The van der Waals surface area contributed by atoms with E-state index >= 15 is 0 Å². The number of hydrogen-bond acceptors (Lipinski definition) is 3. The summed E-state index contributed by atoms with van der Waals surface area (Å²) in [4.78, 5) is 0. The van der Waals surface area contributed by atoms with Gasteiger partial charge in [0.25, 0.3) is 0 Å². The average Bonchev–Trinajstić information content (AvgIpc) is 2.93. The van der Waals surface area contributed by atoms with E-state index in [2.05, 4.69) is 29.6 Å². The Morgan fingerprint density at radius 3 is 2.53 bits per heavy atom. The van der Waals surface area contributed by atoms with Gasteiger partial charge in [-0.3, -0.25) is 0 Å². The molecular formula is C16H15NO2. The van der Waals surface area contributed by atoms with E-state index in [-0.39, 0.29) is 6.61 Å². The Hall–Kier alpha value is -2.26. The van der Waals surface area contributed by atoms with Crippen LogP contribution in [-0.4, -0.2) is 5.11 Å². The van der Waals surface area contributed by atoms with Gasteiger partial charge in [0.1, 0.15) is 18.1 Å². The maximum Gasteiger partial charge on any atom is 0.129 e. The fourth-order valence-corrected chi connectivity index (χ4v) is 2.16. The number of benzene rings is 2. The molecule has 0 aliphatic carbocycles. The molecule has 0 aliphatic heterocycles. The molecule has 1 heterocycles. The van der Waals surface area contributed by atoms with Crippen molar-refractivity contribution in [2.45, 2.75) is 13.2 Å². The van der Waals surface area contributed by atoms with Gasteiger partial charge < -0.3 is 14.8 Å². The molecule has 0 saturated carbocycles. The molecule has 0 bridgehead atoms. The highest BCUT2D eigenvalue weighted by Crippen LogP contribution is 2.23. The van der Waals surface area contributed by atoms with Crippen LogP contribution in [0.15, 0.2) is 59.0 Å². The van der Waals surface area contributed by atoms with Crippen molar-refractivity contribution in [1.82, 2.24) is 0 Å². The molecule has 3 rings (SSSR count). The van der Waals surface area contributed by atoms with Crippen LogP contribution in [0.5, 0.6) is 0 Å². The van der Waals surface area contributed by atoms with Gasteiger partial charge in [-0.2, -0.15) is 0 Å². The van der Waals surface area contributed by atoms with E-state index < -0.39 is 0 Å². The predicted octanol–water partition coefficient (Wildman–Crippen LogP) is 3.54. The first-order valence-electron chi connectivity index (χ1n) is 6.27. The summed E-state index contributed by atoms with van der Waals surface area (Å²) in [5.74, 6) is 1.41. The van der Waals surface area contributed by atoms with Crippen LogP contribution in [0.1, 0.15) is 11.5 Å². The Labute approximate surface area is 111 Å². The Morgan fingerprint density at radius 1 is 0.895 bits per heavy atom. The number of anilines is 1. The van der Waals surface area contributed by atoms with Gasteiger partial charge in [-0.1, -0.05) is 36.4 Å². The third-order valence-electron chi connectivity index (χ3n) is 3.12. The second kappa shape index (κ2) is 5.16. The monoisotopic (exact) mass is 253 g/mol. The van der Waals surface area contributed by atoms with Gasteiger partial charge in [0.15, 0.2) is 0 Å². The third-order valence-corrected chi connectivity index (χ3v) is 3.12. The van der Waals surface area contributed by atoms with Crippen molar-refractivity contribution in [3.8, 4) is 0 Å². The normalized spacial score (nSPS) is 10.8. The van der Waals surface area contributed by atoms with Gasteiger partial charge in [0, 0.05) is 11.1 Å². The summed E-state index contributed by atoms with van der Waals surface area (Å²) in [7, 11) is 0. The van der Waals surface area contributed by atoms with Crippen molar-refractivity contribution in [2.75, 3.05) is 5.32 Å². The van der Waals surface area contributed by atoms with E-state index in [4.69, 9.17) is 9.52 Å². The predicted molar refractivity (Wildman–Crippen MR) is 75.9 cm³/mol. The summed E-state index contributed by atoms with van der Waals surface area (Å²) >= 11 is 0.